The summed E-state index contributed by atoms with van der Waals surface area (Å²) in [6, 6.07) is 15.5. The van der Waals surface area contributed by atoms with Crippen LogP contribution in [0.25, 0.3) is 33.0 Å². The molecule has 0 saturated carbocycles. The summed E-state index contributed by atoms with van der Waals surface area (Å²) >= 11 is 0. The number of ether oxygens (including phenoxy) is 1. The monoisotopic (exact) mass is 389 g/mol. The van der Waals surface area contributed by atoms with Crippen LogP contribution in [0.15, 0.2) is 59.2 Å². The number of fused-ring (bicyclic) bond motifs is 2. The number of carbonyl (C=O) groups is 1. The van der Waals surface area contributed by atoms with Gasteiger partial charge in [0, 0.05) is 22.0 Å². The van der Waals surface area contributed by atoms with Crippen LogP contribution in [0.5, 0.6) is 0 Å². The van der Waals surface area contributed by atoms with Crippen molar-refractivity contribution in [1.82, 2.24) is 4.98 Å². The Labute approximate surface area is 168 Å². The minimum atomic E-state index is -1.14. The van der Waals surface area contributed by atoms with Gasteiger partial charge in [0.15, 0.2) is 6.10 Å². The topological polar surface area (TPSA) is 72.6 Å². The molecule has 148 valence electrons. The van der Waals surface area contributed by atoms with Crippen molar-refractivity contribution < 1.29 is 19.1 Å². The largest absolute Gasteiger partial charge is 0.479 e. The van der Waals surface area contributed by atoms with Crippen LogP contribution in [0.3, 0.4) is 0 Å². The molecule has 1 N–H and O–H groups in total. The van der Waals surface area contributed by atoms with E-state index in [9.17, 15) is 9.90 Å². The van der Waals surface area contributed by atoms with E-state index in [0.29, 0.717) is 11.3 Å². The second-order valence-electron chi connectivity index (χ2n) is 8.12. The molecule has 2 aromatic carbocycles. The fraction of sp³-hybridized carbons (Fsp3) is 0.250. The van der Waals surface area contributed by atoms with E-state index in [1.165, 1.54) is 0 Å². The van der Waals surface area contributed by atoms with E-state index in [1.807, 2.05) is 76.2 Å². The van der Waals surface area contributed by atoms with E-state index in [4.69, 9.17) is 9.15 Å². The number of aryl methyl sites for hydroxylation is 1. The lowest BCUT2D eigenvalue weighted by molar-refractivity contribution is -0.160. The quantitative estimate of drug-likeness (QED) is 0.471. The van der Waals surface area contributed by atoms with Gasteiger partial charge in [-0.25, -0.2) is 4.79 Å². The van der Waals surface area contributed by atoms with Crippen LogP contribution in [-0.4, -0.2) is 21.7 Å². The number of nitrogens with zero attached hydrogens (tertiary/aromatic N) is 1. The summed E-state index contributed by atoms with van der Waals surface area (Å²) in [6.07, 6.45) is 0.510. The third-order valence-corrected chi connectivity index (χ3v) is 4.82. The van der Waals surface area contributed by atoms with Gasteiger partial charge < -0.3 is 14.3 Å². The number of carboxylic acid groups (broad SMARTS) is 1. The zero-order chi connectivity index (χ0) is 20.8. The Kier molecular flexibility index (Phi) is 4.63. The Balaban J connectivity index is 2.06. The second-order valence-corrected chi connectivity index (χ2v) is 8.12. The van der Waals surface area contributed by atoms with E-state index in [2.05, 4.69) is 4.98 Å². The Bertz CT molecular complexity index is 1220. The standard InChI is InChI=1S/C24H23NO4/c1-14-20(22(23(26)27)29-24(2,3)4)21(17-7-5-6-8-18(17)25-14)16-9-10-19-15(13-16)11-12-28-19/h5-13,22H,1-4H3,(H,26,27)/t22-/m0/s1. The number of carboxylic acids is 1. The Hall–Kier alpha value is -3.18. The average molecular weight is 389 g/mol. The maximum atomic E-state index is 12.3. The highest BCUT2D eigenvalue weighted by Crippen LogP contribution is 2.40. The fourth-order valence-electron chi connectivity index (χ4n) is 3.69. The average Bonchev–Trinajstić information content (AvgIpc) is 3.12. The lowest BCUT2D eigenvalue weighted by atomic mass is 9.90. The van der Waals surface area contributed by atoms with Gasteiger partial charge in [-0.3, -0.25) is 4.98 Å². The van der Waals surface area contributed by atoms with Crippen molar-refractivity contribution in [2.75, 3.05) is 0 Å². The summed E-state index contributed by atoms with van der Waals surface area (Å²) in [5, 5.41) is 11.9. The minimum Gasteiger partial charge on any atom is -0.479 e. The van der Waals surface area contributed by atoms with Gasteiger partial charge in [-0.1, -0.05) is 24.3 Å². The zero-order valence-electron chi connectivity index (χ0n) is 16.9. The Morgan fingerprint density at radius 1 is 1.14 bits per heavy atom. The molecule has 0 bridgehead atoms. The molecule has 2 heterocycles. The molecule has 5 heteroatoms. The predicted molar refractivity (Wildman–Crippen MR) is 113 cm³/mol. The van der Waals surface area contributed by atoms with Gasteiger partial charge in [0.1, 0.15) is 5.58 Å². The molecule has 4 aromatic rings. The summed E-state index contributed by atoms with van der Waals surface area (Å²) in [7, 11) is 0. The number of pyridine rings is 1. The molecule has 0 spiro atoms. The first-order valence-corrected chi connectivity index (χ1v) is 9.52. The van der Waals surface area contributed by atoms with Crippen molar-refractivity contribution in [2.45, 2.75) is 39.4 Å². The number of aliphatic carboxylic acids is 1. The van der Waals surface area contributed by atoms with Crippen molar-refractivity contribution in [3.05, 3.63) is 66.1 Å². The molecular formula is C24H23NO4. The Morgan fingerprint density at radius 3 is 2.62 bits per heavy atom. The van der Waals surface area contributed by atoms with Crippen LogP contribution in [0.2, 0.25) is 0 Å². The number of hydrogen-bond acceptors (Lipinski definition) is 4. The van der Waals surface area contributed by atoms with Crippen molar-refractivity contribution in [3.63, 3.8) is 0 Å². The fourth-order valence-corrected chi connectivity index (χ4v) is 3.69. The van der Waals surface area contributed by atoms with Crippen LogP contribution < -0.4 is 0 Å². The van der Waals surface area contributed by atoms with Crippen molar-refractivity contribution >= 4 is 27.8 Å². The normalized spacial score (nSPS) is 13.1. The highest BCUT2D eigenvalue weighted by molar-refractivity contribution is 6.00. The van der Waals surface area contributed by atoms with Crippen molar-refractivity contribution in [3.8, 4) is 11.1 Å². The summed E-state index contributed by atoms with van der Waals surface area (Å²) in [6.45, 7) is 7.39. The van der Waals surface area contributed by atoms with Crippen molar-refractivity contribution in [2.24, 2.45) is 0 Å². The number of benzene rings is 2. The van der Waals surface area contributed by atoms with Crippen LogP contribution >= 0.6 is 0 Å². The number of rotatable bonds is 4. The summed E-state index contributed by atoms with van der Waals surface area (Å²) < 4.78 is 11.5. The van der Waals surface area contributed by atoms with Gasteiger partial charge in [0.25, 0.3) is 0 Å². The molecule has 0 saturated heterocycles. The first kappa shape index (κ1) is 19.2. The third-order valence-electron chi connectivity index (χ3n) is 4.82. The number of aromatic nitrogens is 1. The first-order chi connectivity index (χ1) is 13.7. The molecule has 0 amide bonds. The molecule has 0 fully saturated rings. The van der Waals surface area contributed by atoms with Gasteiger partial charge >= 0.3 is 5.97 Å². The molecule has 0 unspecified atom stereocenters. The molecule has 29 heavy (non-hydrogen) atoms. The van der Waals surface area contributed by atoms with Crippen LogP contribution in [0, 0.1) is 6.92 Å². The van der Waals surface area contributed by atoms with Crippen LogP contribution in [0.4, 0.5) is 0 Å². The molecule has 0 aliphatic rings. The molecule has 1 atom stereocenters. The van der Waals surface area contributed by atoms with Gasteiger partial charge in [-0.15, -0.1) is 0 Å². The van der Waals surface area contributed by atoms with Crippen LogP contribution in [-0.2, 0) is 9.53 Å². The first-order valence-electron chi connectivity index (χ1n) is 9.52. The van der Waals surface area contributed by atoms with Gasteiger partial charge in [-0.05, 0) is 63.1 Å². The second kappa shape index (κ2) is 7.01. The molecule has 4 rings (SSSR count). The van der Waals surface area contributed by atoms with Gasteiger partial charge in [-0.2, -0.15) is 0 Å². The maximum absolute atomic E-state index is 12.3. The smallest absolute Gasteiger partial charge is 0.337 e. The van der Waals surface area contributed by atoms with E-state index in [1.54, 1.807) is 6.26 Å². The van der Waals surface area contributed by atoms with E-state index < -0.39 is 17.7 Å². The zero-order valence-corrected chi connectivity index (χ0v) is 16.9. The summed E-state index contributed by atoms with van der Waals surface area (Å²) in [5.41, 5.74) is 3.92. The van der Waals surface area contributed by atoms with Gasteiger partial charge in [0.05, 0.1) is 17.4 Å². The van der Waals surface area contributed by atoms with E-state index in [0.717, 1.165) is 33.0 Å². The number of hydrogen-bond donors (Lipinski definition) is 1. The number of para-hydroxylation sites is 1. The van der Waals surface area contributed by atoms with E-state index >= 15 is 0 Å². The lowest BCUT2D eigenvalue weighted by Crippen LogP contribution is -2.28. The lowest BCUT2D eigenvalue weighted by Gasteiger charge is -2.28. The van der Waals surface area contributed by atoms with E-state index in [-0.39, 0.29) is 0 Å². The maximum Gasteiger partial charge on any atom is 0.337 e. The third kappa shape index (κ3) is 3.61. The molecular weight excluding hydrogens is 366 g/mol. The van der Waals surface area contributed by atoms with Crippen molar-refractivity contribution in [1.29, 1.82) is 0 Å². The molecule has 5 nitrogen and oxygen atoms in total. The molecule has 0 radical (unpaired) electrons. The SMILES string of the molecule is Cc1nc2ccccc2c(-c2ccc3occc3c2)c1[C@H](OC(C)(C)C)C(=O)O. The number of furan rings is 1. The Morgan fingerprint density at radius 2 is 1.90 bits per heavy atom. The minimum absolute atomic E-state index is 0.578. The molecule has 0 aliphatic carbocycles. The van der Waals surface area contributed by atoms with Crippen LogP contribution in [0.1, 0.15) is 38.1 Å². The summed E-state index contributed by atoms with van der Waals surface area (Å²) in [4.78, 5) is 16.9. The highest BCUT2D eigenvalue weighted by atomic mass is 16.5. The van der Waals surface area contributed by atoms with Gasteiger partial charge in [0.2, 0.25) is 0 Å². The molecule has 0 aliphatic heterocycles. The molecule has 2 aromatic heterocycles. The predicted octanol–water partition coefficient (Wildman–Crippen LogP) is 5.90. The highest BCUT2D eigenvalue weighted by Gasteiger charge is 2.32. The summed E-state index contributed by atoms with van der Waals surface area (Å²) in [5.74, 6) is -1.04.